The van der Waals surface area contributed by atoms with Crippen LogP contribution in [0.5, 0.6) is 0 Å². The van der Waals surface area contributed by atoms with Crippen molar-refractivity contribution in [2.75, 3.05) is 39.6 Å². The summed E-state index contributed by atoms with van der Waals surface area (Å²) in [6.07, 6.45) is 0.0428. The van der Waals surface area contributed by atoms with Gasteiger partial charge < -0.3 is 29.9 Å². The van der Waals surface area contributed by atoms with Gasteiger partial charge in [0.1, 0.15) is 0 Å². The number of Topliss-reactive ketones (excluding diaryl/α,β-unsaturated/α-hetero) is 1. The molecule has 4 N–H and O–H groups in total. The molecule has 7 nitrogen and oxygen atoms in total. The van der Waals surface area contributed by atoms with Crippen LogP contribution in [0.1, 0.15) is 12.8 Å². The van der Waals surface area contributed by atoms with E-state index < -0.39 is 48.8 Å². The molecule has 2 rings (SSSR count). The minimum atomic E-state index is -1.46. The molecule has 0 amide bonds. The third-order valence-corrected chi connectivity index (χ3v) is 4.20. The number of aliphatic hydroxyl groups excluding tert-OH is 4. The summed E-state index contributed by atoms with van der Waals surface area (Å²) < 4.78 is 11.1. The molecule has 0 bridgehead atoms. The van der Waals surface area contributed by atoms with Crippen molar-refractivity contribution in [2.24, 2.45) is 10.8 Å². The molecule has 0 aromatic carbocycles. The van der Waals surface area contributed by atoms with E-state index in [0.717, 1.165) is 0 Å². The summed E-state index contributed by atoms with van der Waals surface area (Å²) in [6, 6.07) is 0. The number of hydrogen-bond acceptors (Lipinski definition) is 7. The largest absolute Gasteiger partial charge is 0.395 e. The lowest BCUT2D eigenvalue weighted by molar-refractivity contribution is -0.239. The van der Waals surface area contributed by atoms with Crippen molar-refractivity contribution in [3.8, 4) is 0 Å². The quantitative estimate of drug-likeness (QED) is 0.471. The predicted octanol–water partition coefficient (Wildman–Crippen LogP) is -1.97. The molecule has 0 aromatic rings. The molecule has 110 valence electrons. The summed E-state index contributed by atoms with van der Waals surface area (Å²) in [5.41, 5.74) is -2.93. The van der Waals surface area contributed by atoms with E-state index in [-0.39, 0.29) is 12.8 Å². The van der Waals surface area contributed by atoms with Crippen molar-refractivity contribution in [3.05, 3.63) is 0 Å². The third kappa shape index (κ3) is 2.10. The minimum Gasteiger partial charge on any atom is -0.395 e. The lowest BCUT2D eigenvalue weighted by atomic mass is 9.59. The van der Waals surface area contributed by atoms with Gasteiger partial charge in [0.25, 0.3) is 0 Å². The van der Waals surface area contributed by atoms with Crippen LogP contribution < -0.4 is 0 Å². The normalized spacial score (nSPS) is 27.9. The summed E-state index contributed by atoms with van der Waals surface area (Å²) in [7, 11) is 0. The van der Waals surface area contributed by atoms with Gasteiger partial charge in [-0.1, -0.05) is 0 Å². The lowest BCUT2D eigenvalue weighted by Crippen LogP contribution is -2.62. The van der Waals surface area contributed by atoms with Crippen LogP contribution in [-0.2, 0) is 14.3 Å². The van der Waals surface area contributed by atoms with E-state index in [1.54, 1.807) is 0 Å². The van der Waals surface area contributed by atoms with Gasteiger partial charge >= 0.3 is 0 Å². The van der Waals surface area contributed by atoms with Gasteiger partial charge in [-0.15, -0.1) is 0 Å². The molecule has 1 saturated heterocycles. The Morgan fingerprint density at radius 2 is 1.21 bits per heavy atom. The smallest absolute Gasteiger partial charge is 0.170 e. The van der Waals surface area contributed by atoms with Crippen molar-refractivity contribution >= 4 is 5.78 Å². The van der Waals surface area contributed by atoms with E-state index in [9.17, 15) is 25.2 Å². The number of aliphatic hydroxyl groups is 4. The van der Waals surface area contributed by atoms with Crippen LogP contribution in [0.4, 0.5) is 0 Å². The molecular formula is C12H20O7. The molecule has 1 saturated carbocycles. The summed E-state index contributed by atoms with van der Waals surface area (Å²) >= 11 is 0. The average molecular weight is 276 g/mol. The Hall–Kier alpha value is -0.570. The van der Waals surface area contributed by atoms with Crippen molar-refractivity contribution < 1.29 is 34.7 Å². The number of carbonyl (C=O) groups is 1. The van der Waals surface area contributed by atoms with E-state index in [1.165, 1.54) is 0 Å². The van der Waals surface area contributed by atoms with Crippen molar-refractivity contribution in [1.29, 1.82) is 0 Å². The molecule has 0 aromatic heterocycles. The maximum absolute atomic E-state index is 12.5. The Balaban J connectivity index is 2.43. The average Bonchev–Trinajstić information content (AvgIpc) is 2.89. The lowest BCUT2D eigenvalue weighted by Gasteiger charge is -2.50. The van der Waals surface area contributed by atoms with Crippen LogP contribution in [0, 0.1) is 10.8 Å². The zero-order valence-electron chi connectivity index (χ0n) is 10.7. The monoisotopic (exact) mass is 276 g/mol. The van der Waals surface area contributed by atoms with Crippen LogP contribution >= 0.6 is 0 Å². The highest BCUT2D eigenvalue weighted by atomic mass is 16.7. The first kappa shape index (κ1) is 14.8. The molecule has 0 radical (unpaired) electrons. The minimum absolute atomic E-state index is 0.0214. The van der Waals surface area contributed by atoms with Crippen LogP contribution in [0.15, 0.2) is 0 Å². The van der Waals surface area contributed by atoms with Crippen LogP contribution in [0.25, 0.3) is 0 Å². The van der Waals surface area contributed by atoms with Gasteiger partial charge in [-0.25, -0.2) is 0 Å². The second-order valence-electron chi connectivity index (χ2n) is 5.48. The molecule has 19 heavy (non-hydrogen) atoms. The Labute approximate surface area is 110 Å². The summed E-state index contributed by atoms with van der Waals surface area (Å²) in [4.78, 5) is 12.5. The Morgan fingerprint density at radius 1 is 0.842 bits per heavy atom. The van der Waals surface area contributed by atoms with Gasteiger partial charge in [0, 0.05) is 12.8 Å². The topological polar surface area (TPSA) is 116 Å². The van der Waals surface area contributed by atoms with Gasteiger partial charge in [0.15, 0.2) is 11.6 Å². The number of carbonyl (C=O) groups excluding carboxylic acids is 1. The van der Waals surface area contributed by atoms with Gasteiger partial charge in [-0.2, -0.15) is 0 Å². The fourth-order valence-corrected chi connectivity index (χ4v) is 3.13. The molecule has 0 unspecified atom stereocenters. The van der Waals surface area contributed by atoms with E-state index in [4.69, 9.17) is 9.47 Å². The second-order valence-corrected chi connectivity index (χ2v) is 5.48. The van der Waals surface area contributed by atoms with Gasteiger partial charge in [0.2, 0.25) is 0 Å². The van der Waals surface area contributed by atoms with Crippen LogP contribution in [0.2, 0.25) is 0 Å². The fourth-order valence-electron chi connectivity index (χ4n) is 3.13. The van der Waals surface area contributed by atoms with Gasteiger partial charge in [-0.05, 0) is 0 Å². The summed E-state index contributed by atoms with van der Waals surface area (Å²) in [5.74, 6) is -1.68. The highest BCUT2D eigenvalue weighted by molar-refractivity contribution is 5.92. The molecule has 1 aliphatic carbocycles. The Kier molecular flexibility index (Phi) is 3.97. The summed E-state index contributed by atoms with van der Waals surface area (Å²) in [5, 5.41) is 38.1. The summed E-state index contributed by atoms with van der Waals surface area (Å²) in [6.45, 7) is -1.66. The van der Waals surface area contributed by atoms with Gasteiger partial charge in [-0.3, -0.25) is 4.79 Å². The van der Waals surface area contributed by atoms with E-state index in [2.05, 4.69) is 0 Å². The van der Waals surface area contributed by atoms with Gasteiger partial charge in [0.05, 0.1) is 50.5 Å². The number of rotatable bonds is 4. The van der Waals surface area contributed by atoms with Crippen molar-refractivity contribution in [1.82, 2.24) is 0 Å². The number of ketones is 1. The Bertz CT molecular complexity index is 314. The third-order valence-electron chi connectivity index (χ3n) is 4.20. The first-order valence-electron chi connectivity index (χ1n) is 6.28. The van der Waals surface area contributed by atoms with E-state index in [0.29, 0.717) is 13.2 Å². The molecule has 7 heteroatoms. The van der Waals surface area contributed by atoms with E-state index >= 15 is 0 Å². The molecule has 1 aliphatic heterocycles. The zero-order chi connectivity index (χ0) is 14.1. The van der Waals surface area contributed by atoms with E-state index in [1.807, 2.05) is 0 Å². The Morgan fingerprint density at radius 3 is 1.53 bits per heavy atom. The second kappa shape index (κ2) is 5.08. The maximum atomic E-state index is 12.5. The molecule has 1 spiro atoms. The highest BCUT2D eigenvalue weighted by Gasteiger charge is 2.62. The molecule has 0 atom stereocenters. The first-order chi connectivity index (χ1) is 9.02. The predicted molar refractivity (Wildman–Crippen MR) is 62.1 cm³/mol. The SMILES string of the molecule is O=C1C(CO)(CO)CC2(CC1(CO)CO)OCCO2. The molecule has 1 heterocycles. The van der Waals surface area contributed by atoms with Crippen LogP contribution in [-0.4, -0.2) is 71.6 Å². The van der Waals surface area contributed by atoms with Crippen LogP contribution in [0.3, 0.4) is 0 Å². The first-order valence-corrected chi connectivity index (χ1v) is 6.28. The maximum Gasteiger partial charge on any atom is 0.170 e. The van der Waals surface area contributed by atoms with Crippen molar-refractivity contribution in [2.45, 2.75) is 18.6 Å². The zero-order valence-corrected chi connectivity index (χ0v) is 10.7. The van der Waals surface area contributed by atoms with Crippen molar-refractivity contribution in [3.63, 3.8) is 0 Å². The number of hydrogen-bond donors (Lipinski definition) is 4. The fraction of sp³-hybridized carbons (Fsp3) is 0.917. The molecule has 2 aliphatic rings. The highest BCUT2D eigenvalue weighted by Crippen LogP contribution is 2.50. The standard InChI is InChI=1S/C12H20O7/c13-5-10(6-14)3-12(18-1-2-19-12)4-11(7-15,8-16)9(10)17/h13-16H,1-8H2. The molecular weight excluding hydrogens is 256 g/mol. The number of ether oxygens (including phenoxy) is 2. The molecule has 2 fully saturated rings.